The number of benzene rings is 1. The lowest BCUT2D eigenvalue weighted by molar-refractivity contribution is 0.620. The molecule has 0 aliphatic rings. The standard InChI is InChI=1S/C12H13FN2O/c1-3-9-8-14(2)15(12(9)16)11-6-4-10(13)5-7-11/h4-8H,3H2,1-2H3. The number of hydrogen-bond donors (Lipinski definition) is 0. The van der Waals surface area contributed by atoms with Crippen LogP contribution in [0.15, 0.2) is 35.3 Å². The summed E-state index contributed by atoms with van der Waals surface area (Å²) in [5.74, 6) is -0.304. The van der Waals surface area contributed by atoms with Gasteiger partial charge in [-0.25, -0.2) is 9.07 Å². The predicted octanol–water partition coefficient (Wildman–Crippen LogP) is 1.88. The van der Waals surface area contributed by atoms with E-state index in [-0.39, 0.29) is 11.4 Å². The van der Waals surface area contributed by atoms with Crippen molar-refractivity contribution in [3.8, 4) is 5.69 Å². The predicted molar refractivity (Wildman–Crippen MR) is 60.3 cm³/mol. The molecule has 1 aromatic heterocycles. The van der Waals surface area contributed by atoms with Gasteiger partial charge in [0.25, 0.3) is 5.56 Å². The van der Waals surface area contributed by atoms with Gasteiger partial charge in [0.2, 0.25) is 0 Å². The normalized spacial score (nSPS) is 10.7. The van der Waals surface area contributed by atoms with Crippen molar-refractivity contribution in [2.24, 2.45) is 7.05 Å². The summed E-state index contributed by atoms with van der Waals surface area (Å²) in [6, 6.07) is 5.88. The molecule has 0 saturated carbocycles. The number of hydrogen-bond acceptors (Lipinski definition) is 1. The number of rotatable bonds is 2. The molecule has 1 heterocycles. The average molecular weight is 220 g/mol. The molecule has 3 nitrogen and oxygen atoms in total. The van der Waals surface area contributed by atoms with Crippen molar-refractivity contribution in [2.45, 2.75) is 13.3 Å². The van der Waals surface area contributed by atoms with Crippen LogP contribution >= 0.6 is 0 Å². The first kappa shape index (κ1) is 10.7. The number of aromatic nitrogens is 2. The highest BCUT2D eigenvalue weighted by atomic mass is 19.1. The first-order valence-electron chi connectivity index (χ1n) is 5.17. The summed E-state index contributed by atoms with van der Waals surface area (Å²) in [6.07, 6.45) is 2.49. The van der Waals surface area contributed by atoms with Gasteiger partial charge in [0.05, 0.1) is 5.69 Å². The summed E-state index contributed by atoms with van der Waals surface area (Å²) >= 11 is 0. The van der Waals surface area contributed by atoms with E-state index >= 15 is 0 Å². The lowest BCUT2D eigenvalue weighted by atomic mass is 10.3. The van der Waals surface area contributed by atoms with E-state index in [0.29, 0.717) is 12.1 Å². The Morgan fingerprint density at radius 1 is 1.25 bits per heavy atom. The second-order valence-corrected chi connectivity index (χ2v) is 3.67. The van der Waals surface area contributed by atoms with E-state index < -0.39 is 0 Å². The van der Waals surface area contributed by atoms with Gasteiger partial charge in [-0.2, -0.15) is 0 Å². The SMILES string of the molecule is CCc1cn(C)n(-c2ccc(F)cc2)c1=O. The quantitative estimate of drug-likeness (QED) is 0.759. The van der Waals surface area contributed by atoms with Crippen LogP contribution in [0.2, 0.25) is 0 Å². The fourth-order valence-electron chi connectivity index (χ4n) is 1.74. The number of nitrogens with zero attached hydrogens (tertiary/aromatic N) is 2. The molecule has 0 amide bonds. The molecule has 0 bridgehead atoms. The molecule has 0 aliphatic heterocycles. The molecule has 84 valence electrons. The first-order chi connectivity index (χ1) is 7.63. The summed E-state index contributed by atoms with van der Waals surface area (Å²) in [6.45, 7) is 1.94. The Labute approximate surface area is 92.7 Å². The van der Waals surface area contributed by atoms with Crippen LogP contribution in [0.1, 0.15) is 12.5 Å². The topological polar surface area (TPSA) is 26.9 Å². The van der Waals surface area contributed by atoms with Gasteiger partial charge in [0, 0.05) is 18.8 Å². The third-order valence-electron chi connectivity index (χ3n) is 2.58. The zero-order valence-corrected chi connectivity index (χ0v) is 9.27. The lowest BCUT2D eigenvalue weighted by Crippen LogP contribution is -2.20. The molecule has 2 aromatic rings. The Balaban J connectivity index is 2.60. The van der Waals surface area contributed by atoms with Crippen LogP contribution in [-0.4, -0.2) is 9.36 Å². The zero-order chi connectivity index (χ0) is 11.7. The van der Waals surface area contributed by atoms with Crippen molar-refractivity contribution in [1.29, 1.82) is 0 Å². The highest BCUT2D eigenvalue weighted by Crippen LogP contribution is 2.07. The van der Waals surface area contributed by atoms with E-state index in [9.17, 15) is 9.18 Å². The molecule has 0 spiro atoms. The van der Waals surface area contributed by atoms with Gasteiger partial charge in [0.1, 0.15) is 5.82 Å². The molecule has 0 atom stereocenters. The van der Waals surface area contributed by atoms with Crippen LogP contribution in [0.25, 0.3) is 5.69 Å². The van der Waals surface area contributed by atoms with Crippen LogP contribution in [0.5, 0.6) is 0 Å². The van der Waals surface area contributed by atoms with Crippen molar-refractivity contribution in [1.82, 2.24) is 9.36 Å². The Morgan fingerprint density at radius 2 is 1.88 bits per heavy atom. The summed E-state index contributed by atoms with van der Waals surface area (Å²) in [5.41, 5.74) is 1.39. The number of halogens is 1. The van der Waals surface area contributed by atoms with Crippen LogP contribution in [0.4, 0.5) is 4.39 Å². The Kier molecular flexibility index (Phi) is 2.64. The highest BCUT2D eigenvalue weighted by molar-refractivity contribution is 5.32. The van der Waals surface area contributed by atoms with E-state index in [2.05, 4.69) is 0 Å². The van der Waals surface area contributed by atoms with Crippen LogP contribution < -0.4 is 5.56 Å². The summed E-state index contributed by atoms with van der Waals surface area (Å²) in [7, 11) is 1.80. The van der Waals surface area contributed by atoms with E-state index in [4.69, 9.17) is 0 Å². The van der Waals surface area contributed by atoms with Crippen molar-refractivity contribution in [3.05, 3.63) is 52.2 Å². The molecule has 0 aliphatic carbocycles. The van der Waals surface area contributed by atoms with Gasteiger partial charge in [-0.15, -0.1) is 0 Å². The van der Waals surface area contributed by atoms with Crippen LogP contribution in [0.3, 0.4) is 0 Å². The third kappa shape index (κ3) is 1.66. The molecule has 0 saturated heterocycles. The van der Waals surface area contributed by atoms with Gasteiger partial charge in [-0.1, -0.05) is 6.92 Å². The maximum Gasteiger partial charge on any atom is 0.274 e. The minimum Gasteiger partial charge on any atom is -0.288 e. The largest absolute Gasteiger partial charge is 0.288 e. The van der Waals surface area contributed by atoms with E-state index in [1.54, 1.807) is 30.1 Å². The van der Waals surface area contributed by atoms with Gasteiger partial charge < -0.3 is 0 Å². The fraction of sp³-hybridized carbons (Fsp3) is 0.250. The maximum atomic E-state index is 12.8. The van der Waals surface area contributed by atoms with E-state index in [1.165, 1.54) is 16.8 Å². The maximum absolute atomic E-state index is 12.8. The Bertz CT molecular complexity index is 551. The molecule has 16 heavy (non-hydrogen) atoms. The molecule has 0 radical (unpaired) electrons. The molecule has 0 unspecified atom stereocenters. The third-order valence-corrected chi connectivity index (χ3v) is 2.58. The molecule has 4 heteroatoms. The van der Waals surface area contributed by atoms with Gasteiger partial charge in [-0.05, 0) is 30.7 Å². The zero-order valence-electron chi connectivity index (χ0n) is 9.27. The second-order valence-electron chi connectivity index (χ2n) is 3.67. The Hall–Kier alpha value is -1.84. The molecule has 0 fully saturated rings. The second kappa shape index (κ2) is 3.96. The molecular weight excluding hydrogens is 207 g/mol. The molecule has 2 rings (SSSR count). The van der Waals surface area contributed by atoms with Crippen molar-refractivity contribution in [2.75, 3.05) is 0 Å². The lowest BCUT2D eigenvalue weighted by Gasteiger charge is -2.05. The highest BCUT2D eigenvalue weighted by Gasteiger charge is 2.08. The molecule has 0 N–H and O–H groups in total. The molecule has 1 aromatic carbocycles. The number of aryl methyl sites for hydroxylation is 2. The van der Waals surface area contributed by atoms with E-state index in [0.717, 1.165) is 5.56 Å². The minimum atomic E-state index is -0.304. The molecular formula is C12H13FN2O. The van der Waals surface area contributed by atoms with Crippen molar-refractivity contribution < 1.29 is 4.39 Å². The van der Waals surface area contributed by atoms with Gasteiger partial charge >= 0.3 is 0 Å². The van der Waals surface area contributed by atoms with Crippen LogP contribution in [-0.2, 0) is 13.5 Å². The van der Waals surface area contributed by atoms with E-state index in [1.807, 2.05) is 6.92 Å². The van der Waals surface area contributed by atoms with Crippen molar-refractivity contribution in [3.63, 3.8) is 0 Å². The summed E-state index contributed by atoms with van der Waals surface area (Å²) in [4.78, 5) is 12.0. The minimum absolute atomic E-state index is 0.0448. The smallest absolute Gasteiger partial charge is 0.274 e. The van der Waals surface area contributed by atoms with Gasteiger partial charge in [-0.3, -0.25) is 9.48 Å². The summed E-state index contributed by atoms with van der Waals surface area (Å²) < 4.78 is 16.0. The van der Waals surface area contributed by atoms with Gasteiger partial charge in [0.15, 0.2) is 0 Å². The fourth-order valence-corrected chi connectivity index (χ4v) is 1.74. The first-order valence-corrected chi connectivity index (χ1v) is 5.17. The average Bonchev–Trinajstić information content (AvgIpc) is 2.56. The summed E-state index contributed by atoms with van der Waals surface area (Å²) in [5, 5.41) is 0. The monoisotopic (exact) mass is 220 g/mol. The van der Waals surface area contributed by atoms with Crippen molar-refractivity contribution >= 4 is 0 Å². The van der Waals surface area contributed by atoms with Crippen LogP contribution in [0, 0.1) is 5.82 Å². The Morgan fingerprint density at radius 3 is 2.38 bits per heavy atom.